The van der Waals surface area contributed by atoms with Crippen molar-refractivity contribution in [2.45, 2.75) is 6.04 Å². The molecule has 2 aliphatic heterocycles. The average Bonchev–Trinajstić information content (AvgIpc) is 3.13. The summed E-state index contributed by atoms with van der Waals surface area (Å²) >= 11 is 0. The largest absolute Gasteiger partial charge is 0.507 e. The summed E-state index contributed by atoms with van der Waals surface area (Å²) in [5, 5.41) is 11.3. The molecule has 5 rings (SSSR count). The Hall–Kier alpha value is -4.26. The molecule has 1 atom stereocenters. The molecular formula is C26H21NO6. The normalized spacial score (nSPS) is 18.9. The summed E-state index contributed by atoms with van der Waals surface area (Å²) in [7, 11) is 1.50. The maximum atomic E-state index is 13.3. The van der Waals surface area contributed by atoms with Gasteiger partial charge in [-0.25, -0.2) is 0 Å². The molecule has 0 spiro atoms. The van der Waals surface area contributed by atoms with E-state index in [0.717, 1.165) is 0 Å². The summed E-state index contributed by atoms with van der Waals surface area (Å²) in [5.74, 6) is -0.321. The number of methoxy groups -OCH3 is 1. The van der Waals surface area contributed by atoms with Crippen molar-refractivity contribution >= 4 is 23.1 Å². The van der Waals surface area contributed by atoms with Crippen molar-refractivity contribution in [1.82, 2.24) is 0 Å². The Morgan fingerprint density at radius 3 is 2.39 bits per heavy atom. The van der Waals surface area contributed by atoms with E-state index in [1.807, 2.05) is 30.3 Å². The van der Waals surface area contributed by atoms with Gasteiger partial charge in [0.15, 0.2) is 11.5 Å². The molecule has 0 aromatic heterocycles. The van der Waals surface area contributed by atoms with E-state index in [1.54, 1.807) is 42.5 Å². The third kappa shape index (κ3) is 3.47. The molecule has 0 aliphatic carbocycles. The van der Waals surface area contributed by atoms with Gasteiger partial charge in [0.2, 0.25) is 0 Å². The number of hydrogen-bond acceptors (Lipinski definition) is 6. The van der Waals surface area contributed by atoms with Crippen LogP contribution in [-0.2, 0) is 9.59 Å². The molecule has 1 N–H and O–H groups in total. The van der Waals surface area contributed by atoms with Gasteiger partial charge in [0, 0.05) is 5.56 Å². The number of ketones is 1. The third-order valence-corrected chi connectivity index (χ3v) is 5.72. The molecule has 1 unspecified atom stereocenters. The number of anilines is 1. The number of amides is 1. The van der Waals surface area contributed by atoms with Gasteiger partial charge in [-0.05, 0) is 35.9 Å². The third-order valence-electron chi connectivity index (χ3n) is 5.72. The zero-order valence-corrected chi connectivity index (χ0v) is 17.9. The van der Waals surface area contributed by atoms with E-state index in [0.29, 0.717) is 47.3 Å². The summed E-state index contributed by atoms with van der Waals surface area (Å²) in [6, 6.07) is 20.2. The fraction of sp³-hybridized carbons (Fsp3) is 0.154. The molecule has 1 saturated heterocycles. The van der Waals surface area contributed by atoms with Crippen molar-refractivity contribution in [3.05, 3.63) is 89.5 Å². The van der Waals surface area contributed by atoms with E-state index < -0.39 is 17.7 Å². The molecule has 3 aromatic carbocycles. The van der Waals surface area contributed by atoms with E-state index in [-0.39, 0.29) is 11.3 Å². The summed E-state index contributed by atoms with van der Waals surface area (Å²) in [4.78, 5) is 27.9. The van der Waals surface area contributed by atoms with Crippen molar-refractivity contribution in [3.8, 4) is 17.2 Å². The summed E-state index contributed by atoms with van der Waals surface area (Å²) in [6.45, 7) is 0.829. The van der Waals surface area contributed by atoms with Gasteiger partial charge in [-0.3, -0.25) is 14.5 Å². The molecule has 0 radical (unpaired) electrons. The topological polar surface area (TPSA) is 85.3 Å². The van der Waals surface area contributed by atoms with Gasteiger partial charge < -0.3 is 19.3 Å². The number of ether oxygens (including phenoxy) is 3. The first-order valence-electron chi connectivity index (χ1n) is 10.5. The minimum Gasteiger partial charge on any atom is -0.507 e. The molecule has 1 fully saturated rings. The monoisotopic (exact) mass is 443 g/mol. The van der Waals surface area contributed by atoms with Crippen LogP contribution in [0.2, 0.25) is 0 Å². The Kier molecular flexibility index (Phi) is 5.22. The highest BCUT2D eigenvalue weighted by Crippen LogP contribution is 2.45. The average molecular weight is 443 g/mol. The van der Waals surface area contributed by atoms with Crippen molar-refractivity contribution in [3.63, 3.8) is 0 Å². The highest BCUT2D eigenvalue weighted by atomic mass is 16.6. The lowest BCUT2D eigenvalue weighted by molar-refractivity contribution is -0.132. The second kappa shape index (κ2) is 8.35. The number of benzene rings is 3. The van der Waals surface area contributed by atoms with Crippen LogP contribution in [0.5, 0.6) is 17.2 Å². The molecule has 7 nitrogen and oxygen atoms in total. The molecule has 7 heteroatoms. The number of Topliss-reactive ketones (excluding diaryl/α,β-unsaturated/α-hetero) is 1. The number of hydrogen-bond donors (Lipinski definition) is 1. The lowest BCUT2D eigenvalue weighted by Gasteiger charge is -2.26. The maximum absolute atomic E-state index is 13.3. The fourth-order valence-electron chi connectivity index (χ4n) is 4.21. The van der Waals surface area contributed by atoms with Gasteiger partial charge >= 0.3 is 0 Å². The zero-order chi connectivity index (χ0) is 22.9. The second-order valence-electron chi connectivity index (χ2n) is 7.61. The Morgan fingerprint density at radius 1 is 0.939 bits per heavy atom. The molecule has 2 aliphatic rings. The Balaban J connectivity index is 1.70. The smallest absolute Gasteiger partial charge is 0.300 e. The van der Waals surface area contributed by atoms with Gasteiger partial charge in [-0.1, -0.05) is 42.5 Å². The first-order valence-corrected chi connectivity index (χ1v) is 10.5. The number of aliphatic hydroxyl groups excluding tert-OH is 1. The van der Waals surface area contributed by atoms with E-state index in [9.17, 15) is 14.7 Å². The second-order valence-corrected chi connectivity index (χ2v) is 7.61. The zero-order valence-electron chi connectivity index (χ0n) is 17.9. The number of nitrogens with zero attached hydrogens (tertiary/aromatic N) is 1. The predicted octanol–water partition coefficient (Wildman–Crippen LogP) is 4.09. The Bertz CT molecular complexity index is 1270. The van der Waals surface area contributed by atoms with E-state index >= 15 is 0 Å². The van der Waals surface area contributed by atoms with Gasteiger partial charge in [0.1, 0.15) is 24.7 Å². The maximum Gasteiger partial charge on any atom is 0.300 e. The highest BCUT2D eigenvalue weighted by molar-refractivity contribution is 6.51. The minimum absolute atomic E-state index is 0.00576. The number of aliphatic hydroxyl groups is 1. The van der Waals surface area contributed by atoms with Crippen LogP contribution in [0.1, 0.15) is 17.2 Å². The van der Waals surface area contributed by atoms with Gasteiger partial charge in [0.25, 0.3) is 11.7 Å². The van der Waals surface area contributed by atoms with Gasteiger partial charge in [-0.15, -0.1) is 0 Å². The number of carbonyl (C=O) groups is 2. The van der Waals surface area contributed by atoms with E-state index in [4.69, 9.17) is 14.2 Å². The van der Waals surface area contributed by atoms with Crippen LogP contribution in [0.4, 0.5) is 5.69 Å². The number of carbonyl (C=O) groups excluding carboxylic acids is 2. The van der Waals surface area contributed by atoms with Crippen LogP contribution in [-0.4, -0.2) is 37.1 Å². The first kappa shape index (κ1) is 20.6. The van der Waals surface area contributed by atoms with Crippen LogP contribution >= 0.6 is 0 Å². The number of para-hydroxylation sites is 2. The quantitative estimate of drug-likeness (QED) is 0.371. The van der Waals surface area contributed by atoms with Gasteiger partial charge in [0.05, 0.1) is 24.4 Å². The molecule has 0 saturated carbocycles. The predicted molar refractivity (Wildman–Crippen MR) is 122 cm³/mol. The Morgan fingerprint density at radius 2 is 1.64 bits per heavy atom. The molecule has 2 heterocycles. The minimum atomic E-state index is -0.837. The molecular weight excluding hydrogens is 422 g/mol. The molecule has 166 valence electrons. The SMILES string of the molecule is COc1ccccc1N1C(=O)C(=O)/C(=C(\O)c2ccc3c(c2)OCCO3)C1c1ccccc1. The summed E-state index contributed by atoms with van der Waals surface area (Å²) in [5.41, 5.74) is 1.48. The van der Waals surface area contributed by atoms with Crippen LogP contribution < -0.4 is 19.1 Å². The lowest BCUT2D eigenvalue weighted by atomic mass is 9.95. The Labute approximate surface area is 190 Å². The number of fused-ring (bicyclic) bond motifs is 1. The van der Waals surface area contributed by atoms with Crippen LogP contribution in [0, 0.1) is 0 Å². The van der Waals surface area contributed by atoms with Crippen molar-refractivity contribution in [1.29, 1.82) is 0 Å². The van der Waals surface area contributed by atoms with Crippen molar-refractivity contribution in [2.24, 2.45) is 0 Å². The lowest BCUT2D eigenvalue weighted by Crippen LogP contribution is -2.29. The van der Waals surface area contributed by atoms with E-state index in [2.05, 4.69) is 0 Å². The number of rotatable bonds is 4. The first-order chi connectivity index (χ1) is 16.1. The molecule has 1 amide bonds. The fourth-order valence-corrected chi connectivity index (χ4v) is 4.21. The van der Waals surface area contributed by atoms with Crippen LogP contribution in [0.15, 0.2) is 78.4 Å². The van der Waals surface area contributed by atoms with Crippen molar-refractivity contribution in [2.75, 3.05) is 25.2 Å². The highest BCUT2D eigenvalue weighted by Gasteiger charge is 2.47. The standard InChI is InChI=1S/C26H21NO6/c1-31-19-10-6-5-9-18(19)27-23(16-7-3-2-4-8-16)22(25(29)26(27)30)24(28)17-11-12-20-21(15-17)33-14-13-32-20/h2-12,15,23,28H,13-14H2,1H3/b24-22-. The molecule has 0 bridgehead atoms. The van der Waals surface area contributed by atoms with Crippen LogP contribution in [0.3, 0.4) is 0 Å². The molecule has 3 aromatic rings. The summed E-state index contributed by atoms with van der Waals surface area (Å²) < 4.78 is 16.6. The van der Waals surface area contributed by atoms with Crippen molar-refractivity contribution < 1.29 is 28.9 Å². The summed E-state index contributed by atoms with van der Waals surface area (Å²) in [6.07, 6.45) is 0. The van der Waals surface area contributed by atoms with E-state index in [1.165, 1.54) is 12.0 Å². The van der Waals surface area contributed by atoms with Crippen LogP contribution in [0.25, 0.3) is 5.76 Å². The van der Waals surface area contributed by atoms with Gasteiger partial charge in [-0.2, -0.15) is 0 Å². The molecule has 33 heavy (non-hydrogen) atoms.